The maximum atomic E-state index is 11.9. The van der Waals surface area contributed by atoms with E-state index in [0.29, 0.717) is 16.8 Å². The minimum absolute atomic E-state index is 0.152. The highest BCUT2D eigenvalue weighted by atomic mass is 16.1. The summed E-state index contributed by atoms with van der Waals surface area (Å²) in [6, 6.07) is 4.14. The molecule has 5 heterocycles. The van der Waals surface area contributed by atoms with E-state index < -0.39 is 0 Å². The van der Waals surface area contributed by atoms with Crippen molar-refractivity contribution in [3.8, 4) is 0 Å². The number of pyridine rings is 2. The zero-order valence-corrected chi connectivity index (χ0v) is 19.2. The van der Waals surface area contributed by atoms with Crippen molar-refractivity contribution >= 4 is 29.3 Å². The van der Waals surface area contributed by atoms with Crippen LogP contribution in [0.25, 0.3) is 6.08 Å². The SMILES string of the molecule is CCC1=Cc2ncc(CN3CC4(C3)CN(c3cnc(C(=O)NC)c(C)c3)C4)cc2NC1=C=O. The number of likely N-dealkylation sites (tertiary alicyclic amines) is 1. The third kappa shape index (κ3) is 3.81. The first-order valence-corrected chi connectivity index (χ1v) is 11.3. The highest BCUT2D eigenvalue weighted by Crippen LogP contribution is 2.42. The van der Waals surface area contributed by atoms with Crippen molar-refractivity contribution < 1.29 is 9.59 Å². The van der Waals surface area contributed by atoms with Crippen LogP contribution < -0.4 is 15.5 Å². The Morgan fingerprint density at radius 1 is 1.21 bits per heavy atom. The number of carbonyl (C=O) groups is 1. The molecule has 0 aromatic carbocycles. The molecule has 5 rings (SSSR count). The molecule has 2 N–H and O–H groups in total. The van der Waals surface area contributed by atoms with E-state index in [1.54, 1.807) is 13.2 Å². The van der Waals surface area contributed by atoms with Gasteiger partial charge in [0.25, 0.3) is 5.91 Å². The number of rotatable bonds is 5. The number of fused-ring (bicyclic) bond motifs is 1. The lowest BCUT2D eigenvalue weighted by Crippen LogP contribution is -2.72. The molecular formula is C25H28N6O2. The van der Waals surface area contributed by atoms with Crippen molar-refractivity contribution in [2.45, 2.75) is 26.8 Å². The van der Waals surface area contributed by atoms with E-state index >= 15 is 0 Å². The lowest BCUT2D eigenvalue weighted by atomic mass is 9.72. The first kappa shape index (κ1) is 21.4. The van der Waals surface area contributed by atoms with Crippen LogP contribution in [-0.2, 0) is 11.3 Å². The summed E-state index contributed by atoms with van der Waals surface area (Å²) in [5.74, 6) is 1.86. The van der Waals surface area contributed by atoms with Gasteiger partial charge >= 0.3 is 0 Å². The van der Waals surface area contributed by atoms with Crippen molar-refractivity contribution in [2.75, 3.05) is 43.4 Å². The van der Waals surface area contributed by atoms with Crippen LogP contribution in [0, 0.1) is 12.3 Å². The number of hydrogen-bond acceptors (Lipinski definition) is 7. The molecule has 3 aliphatic rings. The van der Waals surface area contributed by atoms with Crippen molar-refractivity contribution in [3.05, 3.63) is 58.3 Å². The standard InChI is InChI=1S/C25H28N6O2/c1-4-18-7-20-21(29-22(18)11-32)6-17(8-27-20)10-30-12-25(13-30)14-31(15-25)19-5-16(2)23(28-9-19)24(33)26-3/h5-9,29H,4,10,12-15H2,1-3H3,(H,26,33). The van der Waals surface area contributed by atoms with E-state index in [-0.39, 0.29) is 5.91 Å². The van der Waals surface area contributed by atoms with E-state index in [1.807, 2.05) is 38.1 Å². The zero-order chi connectivity index (χ0) is 23.2. The highest BCUT2D eigenvalue weighted by molar-refractivity contribution is 5.93. The van der Waals surface area contributed by atoms with Gasteiger partial charge in [0.1, 0.15) is 11.4 Å². The van der Waals surface area contributed by atoms with Crippen molar-refractivity contribution in [1.82, 2.24) is 20.2 Å². The molecule has 3 aliphatic heterocycles. The summed E-state index contributed by atoms with van der Waals surface area (Å²) in [5.41, 5.74) is 7.11. The van der Waals surface area contributed by atoms with Gasteiger partial charge in [0.15, 0.2) is 5.94 Å². The molecule has 0 bridgehead atoms. The van der Waals surface area contributed by atoms with Gasteiger partial charge in [-0.3, -0.25) is 14.7 Å². The summed E-state index contributed by atoms with van der Waals surface area (Å²) >= 11 is 0. The normalized spacial score (nSPS) is 18.5. The molecule has 0 saturated carbocycles. The van der Waals surface area contributed by atoms with Gasteiger partial charge in [-0.15, -0.1) is 0 Å². The molecule has 33 heavy (non-hydrogen) atoms. The van der Waals surface area contributed by atoms with Crippen LogP contribution in [0.1, 0.15) is 40.7 Å². The molecule has 2 aromatic heterocycles. The summed E-state index contributed by atoms with van der Waals surface area (Å²) in [6.07, 6.45) is 6.46. The zero-order valence-electron chi connectivity index (χ0n) is 19.2. The molecule has 2 aromatic rings. The first-order chi connectivity index (χ1) is 15.9. The van der Waals surface area contributed by atoms with E-state index in [2.05, 4.69) is 36.5 Å². The molecule has 1 amide bonds. The Kier molecular flexibility index (Phi) is 5.27. The summed E-state index contributed by atoms with van der Waals surface area (Å²) in [7, 11) is 1.62. The average Bonchev–Trinajstić information content (AvgIpc) is 2.78. The molecule has 2 fully saturated rings. The largest absolute Gasteiger partial charge is 0.369 e. The van der Waals surface area contributed by atoms with E-state index in [0.717, 1.165) is 72.9 Å². The van der Waals surface area contributed by atoms with Gasteiger partial charge in [-0.1, -0.05) is 6.92 Å². The lowest BCUT2D eigenvalue weighted by Gasteiger charge is -2.61. The van der Waals surface area contributed by atoms with E-state index in [9.17, 15) is 9.59 Å². The maximum Gasteiger partial charge on any atom is 0.269 e. The summed E-state index contributed by atoms with van der Waals surface area (Å²) < 4.78 is 0. The second kappa shape index (κ2) is 8.14. The Morgan fingerprint density at radius 3 is 2.67 bits per heavy atom. The highest BCUT2D eigenvalue weighted by Gasteiger charge is 2.51. The fraction of sp³-hybridized carbons (Fsp3) is 0.400. The number of amides is 1. The van der Waals surface area contributed by atoms with Gasteiger partial charge in [-0.05, 0) is 48.3 Å². The summed E-state index contributed by atoms with van der Waals surface area (Å²) in [6.45, 7) is 8.90. The molecule has 0 radical (unpaired) electrons. The molecule has 0 aliphatic carbocycles. The number of nitrogens with zero attached hydrogens (tertiary/aromatic N) is 4. The summed E-state index contributed by atoms with van der Waals surface area (Å²) in [4.78, 5) is 36.9. The Hall–Kier alpha value is -3.48. The number of aryl methyl sites for hydroxylation is 1. The fourth-order valence-electron chi connectivity index (χ4n) is 5.15. The Balaban J connectivity index is 1.18. The molecule has 0 atom stereocenters. The molecule has 170 valence electrons. The van der Waals surface area contributed by atoms with Gasteiger partial charge in [0.05, 0.1) is 23.3 Å². The fourth-order valence-corrected chi connectivity index (χ4v) is 5.15. The number of allylic oxidation sites excluding steroid dienone is 1. The minimum atomic E-state index is -0.152. The van der Waals surface area contributed by atoms with Gasteiger partial charge in [0, 0.05) is 51.4 Å². The van der Waals surface area contributed by atoms with Gasteiger partial charge in [-0.2, -0.15) is 0 Å². The van der Waals surface area contributed by atoms with Crippen LogP contribution in [0.5, 0.6) is 0 Å². The molecule has 8 nitrogen and oxygen atoms in total. The van der Waals surface area contributed by atoms with E-state index in [1.165, 1.54) is 0 Å². The maximum absolute atomic E-state index is 11.9. The quantitative estimate of drug-likeness (QED) is 0.685. The molecule has 1 spiro atoms. The smallest absolute Gasteiger partial charge is 0.269 e. The van der Waals surface area contributed by atoms with Gasteiger partial charge in [-0.25, -0.2) is 9.78 Å². The van der Waals surface area contributed by atoms with Crippen molar-refractivity contribution in [2.24, 2.45) is 5.41 Å². The number of hydrogen-bond donors (Lipinski definition) is 2. The number of carbonyl (C=O) groups excluding carboxylic acids is 2. The third-order valence-electron chi connectivity index (χ3n) is 6.80. The molecular weight excluding hydrogens is 416 g/mol. The number of nitrogens with one attached hydrogen (secondary N) is 2. The lowest BCUT2D eigenvalue weighted by molar-refractivity contribution is -0.0274. The number of aromatic nitrogens is 2. The van der Waals surface area contributed by atoms with Crippen LogP contribution in [0.4, 0.5) is 11.4 Å². The first-order valence-electron chi connectivity index (χ1n) is 11.3. The molecule has 8 heteroatoms. The molecule has 2 saturated heterocycles. The molecule has 0 unspecified atom stereocenters. The average molecular weight is 445 g/mol. The Bertz CT molecular complexity index is 1200. The van der Waals surface area contributed by atoms with Crippen LogP contribution >= 0.6 is 0 Å². The van der Waals surface area contributed by atoms with E-state index in [4.69, 9.17) is 0 Å². The third-order valence-corrected chi connectivity index (χ3v) is 6.80. The van der Waals surface area contributed by atoms with Crippen LogP contribution in [0.15, 0.2) is 35.8 Å². The van der Waals surface area contributed by atoms with Crippen molar-refractivity contribution in [3.63, 3.8) is 0 Å². The Morgan fingerprint density at radius 2 is 2.00 bits per heavy atom. The second-order valence-electron chi connectivity index (χ2n) is 9.34. The monoisotopic (exact) mass is 444 g/mol. The van der Waals surface area contributed by atoms with Gasteiger partial charge in [0.2, 0.25) is 0 Å². The Labute approximate surface area is 193 Å². The van der Waals surface area contributed by atoms with Crippen molar-refractivity contribution in [1.29, 1.82) is 0 Å². The topological polar surface area (TPSA) is 90.5 Å². The minimum Gasteiger partial charge on any atom is -0.369 e. The second-order valence-corrected chi connectivity index (χ2v) is 9.34. The predicted molar refractivity (Wildman–Crippen MR) is 128 cm³/mol. The summed E-state index contributed by atoms with van der Waals surface area (Å²) in [5, 5.41) is 5.82. The van der Waals surface area contributed by atoms with Crippen LogP contribution in [0.3, 0.4) is 0 Å². The number of anilines is 2. The van der Waals surface area contributed by atoms with Crippen LogP contribution in [0.2, 0.25) is 0 Å². The predicted octanol–water partition coefficient (Wildman–Crippen LogP) is 2.40. The van der Waals surface area contributed by atoms with Gasteiger partial charge < -0.3 is 15.5 Å². The van der Waals surface area contributed by atoms with Crippen LogP contribution in [-0.4, -0.2) is 59.9 Å².